The molecule has 2 aromatic carbocycles. The maximum atomic E-state index is 13.8. The molecule has 3 amide bonds. The molecule has 30 heavy (non-hydrogen) atoms. The Morgan fingerprint density at radius 3 is 2.53 bits per heavy atom. The van der Waals surface area contributed by atoms with Crippen molar-refractivity contribution >= 4 is 51.0 Å². The Bertz CT molecular complexity index is 1010. The second kappa shape index (κ2) is 9.04. The highest BCUT2D eigenvalue weighted by Crippen LogP contribution is 2.21. The lowest BCUT2D eigenvalue weighted by atomic mass is 10.1. The van der Waals surface area contributed by atoms with Gasteiger partial charge >= 0.3 is 5.97 Å². The summed E-state index contributed by atoms with van der Waals surface area (Å²) < 4.78 is 19.5. The van der Waals surface area contributed by atoms with Gasteiger partial charge < -0.3 is 10.1 Å². The molecule has 0 radical (unpaired) electrons. The van der Waals surface area contributed by atoms with Crippen molar-refractivity contribution in [1.82, 2.24) is 5.43 Å². The number of nitrogens with zero attached hydrogens (tertiary/aromatic N) is 1. The Morgan fingerprint density at radius 2 is 1.87 bits per heavy atom. The van der Waals surface area contributed by atoms with Crippen molar-refractivity contribution in [1.29, 1.82) is 0 Å². The summed E-state index contributed by atoms with van der Waals surface area (Å²) in [6.07, 6.45) is -0.950. The topological polar surface area (TPSA) is 105 Å². The van der Waals surface area contributed by atoms with E-state index in [9.17, 15) is 23.6 Å². The van der Waals surface area contributed by atoms with Crippen molar-refractivity contribution < 1.29 is 28.3 Å². The minimum Gasteiger partial charge on any atom is -0.449 e. The van der Waals surface area contributed by atoms with Crippen LogP contribution >= 0.6 is 15.9 Å². The fourth-order valence-corrected chi connectivity index (χ4v) is 2.97. The minimum absolute atomic E-state index is 0.0382. The van der Waals surface area contributed by atoms with Gasteiger partial charge in [0.15, 0.2) is 6.10 Å². The number of anilines is 2. The summed E-state index contributed by atoms with van der Waals surface area (Å²) in [4.78, 5) is 47.9. The maximum absolute atomic E-state index is 13.8. The summed E-state index contributed by atoms with van der Waals surface area (Å²) in [5.41, 5.74) is 2.95. The average Bonchev–Trinajstić information content (AvgIpc) is 2.71. The first-order chi connectivity index (χ1) is 14.2. The smallest absolute Gasteiger partial charge is 0.338 e. The number of rotatable bonds is 5. The van der Waals surface area contributed by atoms with Gasteiger partial charge in [0.25, 0.3) is 5.91 Å². The summed E-state index contributed by atoms with van der Waals surface area (Å²) in [5, 5.41) is 3.47. The summed E-state index contributed by atoms with van der Waals surface area (Å²) in [7, 11) is 0. The van der Waals surface area contributed by atoms with Crippen molar-refractivity contribution in [3.8, 4) is 0 Å². The molecule has 1 unspecified atom stereocenters. The van der Waals surface area contributed by atoms with Crippen molar-refractivity contribution in [3.63, 3.8) is 0 Å². The van der Waals surface area contributed by atoms with Crippen LogP contribution in [0.5, 0.6) is 0 Å². The van der Waals surface area contributed by atoms with Gasteiger partial charge in [0.1, 0.15) is 5.82 Å². The Balaban J connectivity index is 1.61. The highest BCUT2D eigenvalue weighted by Gasteiger charge is 2.25. The van der Waals surface area contributed by atoms with Crippen molar-refractivity contribution in [2.24, 2.45) is 0 Å². The first-order valence-electron chi connectivity index (χ1n) is 8.94. The first kappa shape index (κ1) is 21.4. The van der Waals surface area contributed by atoms with Crippen LogP contribution in [0.4, 0.5) is 15.8 Å². The van der Waals surface area contributed by atoms with Gasteiger partial charge in [-0.05, 0) is 49.4 Å². The quantitative estimate of drug-likeness (QED) is 0.644. The summed E-state index contributed by atoms with van der Waals surface area (Å²) in [5.74, 6) is -2.64. The van der Waals surface area contributed by atoms with Crippen LogP contribution in [0.1, 0.15) is 30.1 Å². The normalized spacial score (nSPS) is 14.7. The second-order valence-electron chi connectivity index (χ2n) is 6.47. The number of halogens is 2. The van der Waals surface area contributed by atoms with Gasteiger partial charge in [-0.15, -0.1) is 0 Å². The van der Waals surface area contributed by atoms with E-state index in [2.05, 4.69) is 26.7 Å². The SMILES string of the molecule is CC(OC(=O)c1ccc(N2NC(=O)CCC2=O)cc1)C(=O)Nc1ccc(Br)cc1F. The molecule has 0 spiro atoms. The van der Waals surface area contributed by atoms with Crippen molar-refractivity contribution in [3.05, 3.63) is 58.3 Å². The third kappa shape index (κ3) is 5.01. The van der Waals surface area contributed by atoms with Gasteiger partial charge in [-0.25, -0.2) is 14.2 Å². The third-order valence-corrected chi connectivity index (χ3v) is 4.75. The number of ether oxygens (including phenoxy) is 1. The Labute approximate surface area is 179 Å². The Kier molecular flexibility index (Phi) is 6.46. The molecule has 0 saturated carbocycles. The molecule has 0 bridgehead atoms. The minimum atomic E-state index is -1.18. The molecule has 10 heteroatoms. The van der Waals surface area contributed by atoms with Crippen LogP contribution in [-0.2, 0) is 19.1 Å². The zero-order chi connectivity index (χ0) is 21.8. The lowest BCUT2D eigenvalue weighted by Crippen LogP contribution is -2.50. The van der Waals surface area contributed by atoms with Crippen LogP contribution in [0, 0.1) is 5.82 Å². The fourth-order valence-electron chi connectivity index (χ4n) is 2.64. The maximum Gasteiger partial charge on any atom is 0.338 e. The molecule has 0 aliphatic carbocycles. The Hall–Kier alpha value is -3.27. The highest BCUT2D eigenvalue weighted by atomic mass is 79.9. The van der Waals surface area contributed by atoms with E-state index in [4.69, 9.17) is 4.74 Å². The monoisotopic (exact) mass is 477 g/mol. The van der Waals surface area contributed by atoms with Crippen LogP contribution in [-0.4, -0.2) is 29.8 Å². The van der Waals surface area contributed by atoms with E-state index in [-0.39, 0.29) is 35.9 Å². The predicted octanol–water partition coefficient (Wildman–Crippen LogP) is 2.93. The number of esters is 1. The number of hydrogen-bond acceptors (Lipinski definition) is 5. The molecule has 0 aromatic heterocycles. The molecular weight excluding hydrogens is 461 g/mol. The number of amides is 3. The molecule has 2 N–H and O–H groups in total. The molecule has 1 heterocycles. The van der Waals surface area contributed by atoms with Crippen LogP contribution < -0.4 is 15.8 Å². The zero-order valence-corrected chi connectivity index (χ0v) is 17.4. The van der Waals surface area contributed by atoms with Crippen LogP contribution in [0.15, 0.2) is 46.9 Å². The average molecular weight is 478 g/mol. The second-order valence-corrected chi connectivity index (χ2v) is 7.39. The standard InChI is InChI=1S/C20H17BrFN3O5/c1-11(19(28)23-16-7-4-13(21)10-15(16)22)30-20(29)12-2-5-14(6-3-12)25-18(27)9-8-17(26)24-25/h2-7,10-11H,8-9H2,1H3,(H,23,28)(H,24,26). The summed E-state index contributed by atoms with van der Waals surface area (Å²) >= 11 is 3.12. The van der Waals surface area contributed by atoms with E-state index in [0.29, 0.717) is 10.2 Å². The lowest BCUT2D eigenvalue weighted by molar-refractivity contribution is -0.130. The van der Waals surface area contributed by atoms with E-state index in [1.165, 1.54) is 43.3 Å². The molecule has 2 aromatic rings. The number of carbonyl (C=O) groups is 4. The molecule has 1 aliphatic rings. The van der Waals surface area contributed by atoms with Gasteiger partial charge in [-0.2, -0.15) is 0 Å². The molecule has 1 aliphatic heterocycles. The largest absolute Gasteiger partial charge is 0.449 e. The lowest BCUT2D eigenvalue weighted by Gasteiger charge is -2.27. The van der Waals surface area contributed by atoms with Gasteiger partial charge in [0.2, 0.25) is 11.8 Å². The first-order valence-corrected chi connectivity index (χ1v) is 9.73. The third-order valence-electron chi connectivity index (χ3n) is 4.26. The molecule has 156 valence electrons. The van der Waals surface area contributed by atoms with Crippen LogP contribution in [0.25, 0.3) is 0 Å². The number of hydrazine groups is 1. The fraction of sp³-hybridized carbons (Fsp3) is 0.200. The van der Waals surface area contributed by atoms with Gasteiger partial charge in [0, 0.05) is 17.3 Å². The predicted molar refractivity (Wildman–Crippen MR) is 109 cm³/mol. The summed E-state index contributed by atoms with van der Waals surface area (Å²) in [6.45, 7) is 1.36. The van der Waals surface area contributed by atoms with Gasteiger partial charge in [-0.1, -0.05) is 15.9 Å². The van der Waals surface area contributed by atoms with Gasteiger partial charge in [0.05, 0.1) is 16.9 Å². The number of hydrogen-bond donors (Lipinski definition) is 2. The molecular formula is C20H17BrFN3O5. The van der Waals surface area contributed by atoms with Crippen LogP contribution in [0.2, 0.25) is 0 Å². The van der Waals surface area contributed by atoms with E-state index >= 15 is 0 Å². The molecule has 8 nitrogen and oxygen atoms in total. The van der Waals surface area contributed by atoms with E-state index < -0.39 is 23.8 Å². The number of carbonyl (C=O) groups excluding carboxylic acids is 4. The van der Waals surface area contributed by atoms with E-state index in [0.717, 1.165) is 5.01 Å². The van der Waals surface area contributed by atoms with Crippen molar-refractivity contribution in [2.45, 2.75) is 25.9 Å². The van der Waals surface area contributed by atoms with Gasteiger partial charge in [-0.3, -0.25) is 19.8 Å². The Morgan fingerprint density at radius 1 is 1.17 bits per heavy atom. The summed E-state index contributed by atoms with van der Waals surface area (Å²) in [6, 6.07) is 9.90. The van der Waals surface area contributed by atoms with Crippen LogP contribution in [0.3, 0.4) is 0 Å². The van der Waals surface area contributed by atoms with E-state index in [1.54, 1.807) is 6.07 Å². The zero-order valence-electron chi connectivity index (χ0n) is 15.8. The highest BCUT2D eigenvalue weighted by molar-refractivity contribution is 9.10. The molecule has 1 fully saturated rings. The molecule has 3 rings (SSSR count). The van der Waals surface area contributed by atoms with Crippen molar-refractivity contribution in [2.75, 3.05) is 10.3 Å². The van der Waals surface area contributed by atoms with E-state index in [1.807, 2.05) is 0 Å². The number of nitrogens with one attached hydrogen (secondary N) is 2. The molecule has 1 atom stereocenters. The number of benzene rings is 2. The molecule has 1 saturated heterocycles.